The van der Waals surface area contributed by atoms with E-state index in [0.717, 1.165) is 0 Å². The molecular formula is C6H9N3O. The Bertz CT molecular complexity index is 215. The fraction of sp³-hybridized carbons (Fsp3) is 0.333. The molecule has 0 amide bonds. The Hall–Kier alpha value is -1.32. The van der Waals surface area contributed by atoms with E-state index in [1.54, 1.807) is 19.4 Å². The van der Waals surface area contributed by atoms with Crippen molar-refractivity contribution in [1.82, 2.24) is 9.55 Å². The normalized spacial score (nSPS) is 11.9. The molecule has 54 valence electrons. The second-order valence-corrected chi connectivity index (χ2v) is 2.07. The first-order chi connectivity index (χ1) is 4.83. The molecule has 0 aliphatic rings. The maximum Gasteiger partial charge on any atom is 0.0949 e. The Morgan fingerprint density at radius 3 is 3.10 bits per heavy atom. The van der Waals surface area contributed by atoms with Crippen LogP contribution in [0.2, 0.25) is 0 Å². The summed E-state index contributed by atoms with van der Waals surface area (Å²) in [4.78, 5) is 3.84. The Kier molecular flexibility index (Phi) is 2.04. The molecule has 1 N–H and O–H groups in total. The lowest BCUT2D eigenvalue weighted by atomic mass is 10.4. The second-order valence-electron chi connectivity index (χ2n) is 2.07. The minimum Gasteiger partial charge on any atom is -0.411 e. The standard InChI is InChI=1S/C6H9N3O/c1-6(8-10)4-9-3-2-7-5-9/h2-3,5,10H,4H2,1H3/b8-6+. The number of imidazole rings is 1. The minimum atomic E-state index is 0.594. The third kappa shape index (κ3) is 1.58. The molecule has 0 atom stereocenters. The lowest BCUT2D eigenvalue weighted by Gasteiger charge is -1.96. The van der Waals surface area contributed by atoms with Crippen LogP contribution < -0.4 is 0 Å². The van der Waals surface area contributed by atoms with Gasteiger partial charge in [-0.25, -0.2) is 4.98 Å². The van der Waals surface area contributed by atoms with E-state index in [2.05, 4.69) is 10.1 Å². The zero-order valence-corrected chi connectivity index (χ0v) is 5.73. The molecule has 1 aromatic rings. The highest BCUT2D eigenvalue weighted by Crippen LogP contribution is 1.87. The van der Waals surface area contributed by atoms with Gasteiger partial charge in [-0.3, -0.25) is 0 Å². The average molecular weight is 139 g/mol. The maximum atomic E-state index is 8.29. The van der Waals surface area contributed by atoms with Crippen LogP contribution in [-0.2, 0) is 6.54 Å². The molecule has 1 rings (SSSR count). The summed E-state index contributed by atoms with van der Waals surface area (Å²) in [6, 6.07) is 0. The van der Waals surface area contributed by atoms with Gasteiger partial charge in [-0.2, -0.15) is 0 Å². The van der Waals surface area contributed by atoms with Crippen molar-refractivity contribution in [3.05, 3.63) is 18.7 Å². The van der Waals surface area contributed by atoms with E-state index < -0.39 is 0 Å². The lowest BCUT2D eigenvalue weighted by Crippen LogP contribution is -2.03. The highest BCUT2D eigenvalue weighted by atomic mass is 16.4. The van der Waals surface area contributed by atoms with Crippen LogP contribution in [-0.4, -0.2) is 20.5 Å². The molecule has 1 aromatic heterocycles. The fourth-order valence-corrected chi connectivity index (χ4v) is 0.676. The highest BCUT2D eigenvalue weighted by molar-refractivity contribution is 5.80. The van der Waals surface area contributed by atoms with E-state index in [4.69, 9.17) is 5.21 Å². The molecule has 4 heteroatoms. The molecule has 4 nitrogen and oxygen atoms in total. The number of aromatic nitrogens is 2. The molecule has 0 aromatic carbocycles. The molecule has 0 aliphatic heterocycles. The van der Waals surface area contributed by atoms with E-state index in [1.165, 1.54) is 0 Å². The molecule has 0 fully saturated rings. The number of oxime groups is 1. The SMILES string of the molecule is C/C(Cn1ccnc1)=N\O. The van der Waals surface area contributed by atoms with Crippen LogP contribution in [0.5, 0.6) is 0 Å². The second kappa shape index (κ2) is 3.00. The van der Waals surface area contributed by atoms with Crippen molar-refractivity contribution in [2.75, 3.05) is 0 Å². The van der Waals surface area contributed by atoms with Crippen LogP contribution in [0.4, 0.5) is 0 Å². The summed E-state index contributed by atoms with van der Waals surface area (Å²) in [5, 5.41) is 11.3. The zero-order valence-electron chi connectivity index (χ0n) is 5.73. The maximum absolute atomic E-state index is 8.29. The topological polar surface area (TPSA) is 50.4 Å². The van der Waals surface area contributed by atoms with Gasteiger partial charge in [0.15, 0.2) is 0 Å². The highest BCUT2D eigenvalue weighted by Gasteiger charge is 1.91. The predicted molar refractivity (Wildman–Crippen MR) is 37.1 cm³/mol. The van der Waals surface area contributed by atoms with Crippen LogP contribution in [0.15, 0.2) is 23.9 Å². The largest absolute Gasteiger partial charge is 0.411 e. The van der Waals surface area contributed by atoms with Crippen molar-refractivity contribution >= 4 is 5.71 Å². The van der Waals surface area contributed by atoms with Gasteiger partial charge in [-0.15, -0.1) is 0 Å². The van der Waals surface area contributed by atoms with Crippen molar-refractivity contribution in [3.8, 4) is 0 Å². The van der Waals surface area contributed by atoms with Crippen LogP contribution >= 0.6 is 0 Å². The van der Waals surface area contributed by atoms with E-state index >= 15 is 0 Å². The molecule has 0 saturated heterocycles. The quantitative estimate of drug-likeness (QED) is 0.373. The first-order valence-electron chi connectivity index (χ1n) is 2.96. The molecule has 10 heavy (non-hydrogen) atoms. The van der Waals surface area contributed by atoms with Crippen molar-refractivity contribution in [2.45, 2.75) is 13.5 Å². The number of rotatable bonds is 2. The van der Waals surface area contributed by atoms with Crippen LogP contribution in [0.1, 0.15) is 6.92 Å². The Labute approximate surface area is 58.8 Å². The predicted octanol–water partition coefficient (Wildman–Crippen LogP) is 0.733. The summed E-state index contributed by atoms with van der Waals surface area (Å²) in [6.07, 6.45) is 5.17. The Morgan fingerprint density at radius 1 is 1.80 bits per heavy atom. The Morgan fingerprint density at radius 2 is 2.60 bits per heavy atom. The zero-order chi connectivity index (χ0) is 7.40. The molecular weight excluding hydrogens is 130 g/mol. The summed E-state index contributed by atoms with van der Waals surface area (Å²) < 4.78 is 1.83. The molecule has 0 unspecified atom stereocenters. The van der Waals surface area contributed by atoms with Gasteiger partial charge in [0.2, 0.25) is 0 Å². The summed E-state index contributed by atoms with van der Waals surface area (Å²) in [5.41, 5.74) is 0.665. The van der Waals surface area contributed by atoms with E-state index in [-0.39, 0.29) is 0 Å². The summed E-state index contributed by atoms with van der Waals surface area (Å²) >= 11 is 0. The van der Waals surface area contributed by atoms with Crippen molar-refractivity contribution < 1.29 is 5.21 Å². The summed E-state index contributed by atoms with van der Waals surface area (Å²) in [5.74, 6) is 0. The first-order valence-corrected chi connectivity index (χ1v) is 2.96. The number of hydrogen-bond donors (Lipinski definition) is 1. The molecule has 0 aliphatic carbocycles. The van der Waals surface area contributed by atoms with Crippen molar-refractivity contribution in [2.24, 2.45) is 5.16 Å². The van der Waals surface area contributed by atoms with Gasteiger partial charge in [0.1, 0.15) is 0 Å². The molecule has 0 radical (unpaired) electrons. The van der Waals surface area contributed by atoms with E-state index in [1.807, 2.05) is 10.8 Å². The van der Waals surface area contributed by atoms with Crippen molar-refractivity contribution in [1.29, 1.82) is 0 Å². The van der Waals surface area contributed by atoms with Crippen LogP contribution in [0, 0.1) is 0 Å². The third-order valence-electron chi connectivity index (χ3n) is 1.14. The van der Waals surface area contributed by atoms with Crippen LogP contribution in [0.3, 0.4) is 0 Å². The third-order valence-corrected chi connectivity index (χ3v) is 1.14. The smallest absolute Gasteiger partial charge is 0.0949 e. The average Bonchev–Trinajstić information content (AvgIpc) is 2.40. The summed E-state index contributed by atoms with van der Waals surface area (Å²) in [6.45, 7) is 2.34. The van der Waals surface area contributed by atoms with E-state index in [9.17, 15) is 0 Å². The fourth-order valence-electron chi connectivity index (χ4n) is 0.676. The van der Waals surface area contributed by atoms with Gasteiger partial charge in [0, 0.05) is 12.4 Å². The molecule has 1 heterocycles. The summed E-state index contributed by atoms with van der Waals surface area (Å²) in [7, 11) is 0. The van der Waals surface area contributed by atoms with Gasteiger partial charge >= 0.3 is 0 Å². The lowest BCUT2D eigenvalue weighted by molar-refractivity contribution is 0.316. The molecule has 0 spiro atoms. The minimum absolute atomic E-state index is 0.594. The molecule has 0 saturated carbocycles. The van der Waals surface area contributed by atoms with Gasteiger partial charge in [0.25, 0.3) is 0 Å². The monoisotopic (exact) mass is 139 g/mol. The van der Waals surface area contributed by atoms with Crippen LogP contribution in [0.25, 0.3) is 0 Å². The van der Waals surface area contributed by atoms with Gasteiger partial charge in [0.05, 0.1) is 18.6 Å². The number of hydrogen-bond acceptors (Lipinski definition) is 3. The van der Waals surface area contributed by atoms with E-state index in [0.29, 0.717) is 12.3 Å². The van der Waals surface area contributed by atoms with Gasteiger partial charge in [-0.1, -0.05) is 5.16 Å². The number of nitrogens with zero attached hydrogens (tertiary/aromatic N) is 3. The Balaban J connectivity index is 2.56. The molecule has 0 bridgehead atoms. The van der Waals surface area contributed by atoms with Gasteiger partial charge < -0.3 is 9.77 Å². The van der Waals surface area contributed by atoms with Gasteiger partial charge in [-0.05, 0) is 6.92 Å². The van der Waals surface area contributed by atoms with Crippen molar-refractivity contribution in [3.63, 3.8) is 0 Å². The first kappa shape index (κ1) is 6.80.